The van der Waals surface area contributed by atoms with E-state index in [4.69, 9.17) is 15.2 Å². The van der Waals surface area contributed by atoms with E-state index in [0.717, 1.165) is 30.8 Å². The van der Waals surface area contributed by atoms with Crippen molar-refractivity contribution < 1.29 is 13.7 Å². The Labute approximate surface area is 129 Å². The highest BCUT2D eigenvalue weighted by atomic mass is 32.2. The molecule has 0 spiro atoms. The molecule has 118 valence electrons. The molecule has 4 atom stereocenters. The summed E-state index contributed by atoms with van der Waals surface area (Å²) in [6, 6.07) is 7.56. The maximum Gasteiger partial charge on any atom is 0.119 e. The molecule has 1 aliphatic heterocycles. The number of rotatable bonds is 7. The largest absolute Gasteiger partial charge is 0.494 e. The number of hydrogen-bond donors (Lipinski definition) is 1. The molecular weight excluding hydrogens is 286 g/mol. The summed E-state index contributed by atoms with van der Waals surface area (Å²) in [5.74, 6) is 1.33. The lowest BCUT2D eigenvalue weighted by Crippen LogP contribution is -2.29. The van der Waals surface area contributed by atoms with Crippen molar-refractivity contribution in [2.45, 2.75) is 44.1 Å². The molecule has 0 bridgehead atoms. The summed E-state index contributed by atoms with van der Waals surface area (Å²) in [6.45, 7) is 5.49. The van der Waals surface area contributed by atoms with Gasteiger partial charge >= 0.3 is 0 Å². The Morgan fingerprint density at radius 2 is 2.14 bits per heavy atom. The van der Waals surface area contributed by atoms with Gasteiger partial charge in [0, 0.05) is 29.2 Å². The van der Waals surface area contributed by atoms with Crippen LogP contribution in [0.15, 0.2) is 24.3 Å². The van der Waals surface area contributed by atoms with Crippen molar-refractivity contribution in [2.75, 3.05) is 19.0 Å². The first-order valence-corrected chi connectivity index (χ1v) is 8.97. The minimum absolute atomic E-state index is 0.0721. The first-order valence-electron chi connectivity index (χ1n) is 7.59. The first kappa shape index (κ1) is 16.5. The zero-order chi connectivity index (χ0) is 15.2. The van der Waals surface area contributed by atoms with Crippen LogP contribution in [0.1, 0.15) is 38.3 Å². The number of nitrogens with two attached hydrogens (primary N) is 1. The molecule has 1 aromatic carbocycles. The fraction of sp³-hybridized carbons (Fsp3) is 0.625. The van der Waals surface area contributed by atoms with Crippen molar-refractivity contribution in [2.24, 2.45) is 5.73 Å². The van der Waals surface area contributed by atoms with Crippen LogP contribution < -0.4 is 10.5 Å². The van der Waals surface area contributed by atoms with Gasteiger partial charge in [-0.05, 0) is 37.5 Å². The Balaban J connectivity index is 1.90. The van der Waals surface area contributed by atoms with Gasteiger partial charge in [-0.2, -0.15) is 0 Å². The molecule has 1 aromatic rings. The summed E-state index contributed by atoms with van der Waals surface area (Å²) in [5, 5.41) is 0.114. The third-order valence-electron chi connectivity index (χ3n) is 3.77. The lowest BCUT2D eigenvalue weighted by Gasteiger charge is -2.17. The molecule has 0 aliphatic carbocycles. The van der Waals surface area contributed by atoms with E-state index in [1.165, 1.54) is 0 Å². The standard InChI is InChI=1S/C16H25NO3S/c1-3-9-20-14-6-4-13(5-7-14)15(17)11-21(18)16-8-10-19-12(16)2/h4-7,12,15-16H,3,8-11,17H2,1-2H3. The normalized spacial score (nSPS) is 24.7. The highest BCUT2D eigenvalue weighted by Crippen LogP contribution is 2.23. The Morgan fingerprint density at radius 1 is 1.43 bits per heavy atom. The van der Waals surface area contributed by atoms with Gasteiger partial charge in [-0.3, -0.25) is 4.21 Å². The predicted molar refractivity (Wildman–Crippen MR) is 86.0 cm³/mol. The molecule has 1 aliphatic rings. The topological polar surface area (TPSA) is 61.5 Å². The second-order valence-electron chi connectivity index (χ2n) is 5.47. The van der Waals surface area contributed by atoms with Crippen LogP contribution >= 0.6 is 0 Å². The maximum absolute atomic E-state index is 12.4. The van der Waals surface area contributed by atoms with E-state index < -0.39 is 10.8 Å². The van der Waals surface area contributed by atoms with Crippen molar-refractivity contribution in [1.82, 2.24) is 0 Å². The van der Waals surface area contributed by atoms with E-state index in [9.17, 15) is 4.21 Å². The van der Waals surface area contributed by atoms with Gasteiger partial charge in [0.1, 0.15) is 5.75 Å². The molecule has 0 radical (unpaired) electrons. The summed E-state index contributed by atoms with van der Waals surface area (Å²) in [5.41, 5.74) is 7.18. The molecule has 2 rings (SSSR count). The first-order chi connectivity index (χ1) is 10.1. The molecule has 2 N–H and O–H groups in total. The zero-order valence-electron chi connectivity index (χ0n) is 12.8. The van der Waals surface area contributed by atoms with Crippen molar-refractivity contribution in [1.29, 1.82) is 0 Å². The molecule has 4 unspecified atom stereocenters. The molecule has 0 aromatic heterocycles. The molecule has 1 heterocycles. The third kappa shape index (κ3) is 4.53. The highest BCUT2D eigenvalue weighted by molar-refractivity contribution is 7.85. The van der Waals surface area contributed by atoms with Gasteiger partial charge in [0.15, 0.2) is 0 Å². The summed E-state index contributed by atoms with van der Waals surface area (Å²) in [4.78, 5) is 0. The van der Waals surface area contributed by atoms with Crippen LogP contribution in [-0.4, -0.2) is 34.5 Å². The van der Waals surface area contributed by atoms with E-state index in [1.807, 2.05) is 31.2 Å². The smallest absolute Gasteiger partial charge is 0.119 e. The van der Waals surface area contributed by atoms with Gasteiger partial charge in [0.2, 0.25) is 0 Å². The summed E-state index contributed by atoms with van der Waals surface area (Å²) in [7, 11) is -0.947. The fourth-order valence-corrected chi connectivity index (χ4v) is 4.14. The molecular formula is C16H25NO3S. The van der Waals surface area contributed by atoms with Crippen LogP contribution in [0.25, 0.3) is 0 Å². The molecule has 21 heavy (non-hydrogen) atoms. The zero-order valence-corrected chi connectivity index (χ0v) is 13.6. The summed E-state index contributed by atoms with van der Waals surface area (Å²) < 4.78 is 23.4. The van der Waals surface area contributed by atoms with Crippen LogP contribution in [0.2, 0.25) is 0 Å². The Morgan fingerprint density at radius 3 is 2.71 bits per heavy atom. The van der Waals surface area contributed by atoms with Crippen molar-refractivity contribution in [3.8, 4) is 5.75 Å². The minimum Gasteiger partial charge on any atom is -0.494 e. The summed E-state index contributed by atoms with van der Waals surface area (Å²) >= 11 is 0. The predicted octanol–water partition coefficient (Wildman–Crippen LogP) is 2.40. The van der Waals surface area contributed by atoms with Crippen LogP contribution in [0.4, 0.5) is 0 Å². The van der Waals surface area contributed by atoms with Crippen LogP contribution in [0.3, 0.4) is 0 Å². The Bertz CT molecular complexity index is 463. The molecule has 1 saturated heterocycles. The number of ether oxygens (including phenoxy) is 2. The summed E-state index contributed by atoms with van der Waals surface area (Å²) in [6.07, 6.45) is 1.93. The van der Waals surface area contributed by atoms with E-state index in [1.54, 1.807) is 0 Å². The van der Waals surface area contributed by atoms with E-state index in [0.29, 0.717) is 12.4 Å². The third-order valence-corrected chi connectivity index (χ3v) is 5.75. The second kappa shape index (κ2) is 7.92. The molecule has 1 fully saturated rings. The van der Waals surface area contributed by atoms with E-state index in [2.05, 4.69) is 6.92 Å². The lowest BCUT2D eigenvalue weighted by atomic mass is 10.1. The number of hydrogen-bond acceptors (Lipinski definition) is 4. The van der Waals surface area contributed by atoms with Gasteiger partial charge in [-0.15, -0.1) is 0 Å². The molecule has 0 amide bonds. The monoisotopic (exact) mass is 311 g/mol. The van der Waals surface area contributed by atoms with Crippen molar-refractivity contribution >= 4 is 10.8 Å². The number of benzene rings is 1. The Kier molecular flexibility index (Phi) is 6.21. The van der Waals surface area contributed by atoms with Gasteiger partial charge in [-0.1, -0.05) is 19.1 Å². The van der Waals surface area contributed by atoms with Gasteiger partial charge in [0.25, 0.3) is 0 Å². The van der Waals surface area contributed by atoms with Gasteiger partial charge in [-0.25, -0.2) is 0 Å². The lowest BCUT2D eigenvalue weighted by molar-refractivity contribution is 0.127. The molecule has 5 heteroatoms. The maximum atomic E-state index is 12.4. The van der Waals surface area contributed by atoms with Gasteiger partial charge < -0.3 is 15.2 Å². The van der Waals surface area contributed by atoms with E-state index >= 15 is 0 Å². The van der Waals surface area contributed by atoms with Crippen LogP contribution in [0.5, 0.6) is 5.75 Å². The Hall–Kier alpha value is -0.910. The second-order valence-corrected chi connectivity index (χ2v) is 7.17. The quantitative estimate of drug-likeness (QED) is 0.840. The molecule has 0 saturated carbocycles. The SMILES string of the molecule is CCCOc1ccc(C(N)CS(=O)C2CCOC2C)cc1. The van der Waals surface area contributed by atoms with Crippen LogP contribution in [0, 0.1) is 0 Å². The van der Waals surface area contributed by atoms with Gasteiger partial charge in [0.05, 0.1) is 18.0 Å². The minimum atomic E-state index is -0.947. The average molecular weight is 311 g/mol. The average Bonchev–Trinajstić information content (AvgIpc) is 2.91. The fourth-order valence-electron chi connectivity index (χ4n) is 2.49. The molecule has 4 nitrogen and oxygen atoms in total. The highest BCUT2D eigenvalue weighted by Gasteiger charge is 2.30. The van der Waals surface area contributed by atoms with Crippen LogP contribution in [-0.2, 0) is 15.5 Å². The van der Waals surface area contributed by atoms with Crippen molar-refractivity contribution in [3.05, 3.63) is 29.8 Å². The van der Waals surface area contributed by atoms with E-state index in [-0.39, 0.29) is 17.4 Å². The van der Waals surface area contributed by atoms with Crippen molar-refractivity contribution in [3.63, 3.8) is 0 Å².